The lowest BCUT2D eigenvalue weighted by molar-refractivity contribution is 0.0752. The number of ether oxygens (including phenoxy) is 2. The van der Waals surface area contributed by atoms with E-state index in [2.05, 4.69) is 5.10 Å². The number of rotatable bonds is 7. The highest BCUT2D eigenvalue weighted by Crippen LogP contribution is 2.32. The van der Waals surface area contributed by atoms with Gasteiger partial charge in [-0.1, -0.05) is 18.2 Å². The Hall–Kier alpha value is -3.28. The Bertz CT molecular complexity index is 965. The van der Waals surface area contributed by atoms with Crippen molar-refractivity contribution in [1.82, 2.24) is 14.7 Å². The highest BCUT2D eigenvalue weighted by Gasteiger charge is 2.16. The summed E-state index contributed by atoms with van der Waals surface area (Å²) in [4.78, 5) is 14.9. The summed E-state index contributed by atoms with van der Waals surface area (Å²) in [5.41, 5.74) is 3.57. The third-order valence-electron chi connectivity index (χ3n) is 4.63. The molecule has 1 heterocycles. The van der Waals surface area contributed by atoms with Crippen LogP contribution in [0.25, 0.3) is 11.1 Å². The molecule has 0 unspecified atom stereocenters. The minimum atomic E-state index is -0.00585. The fraction of sp³-hybridized carbons (Fsp3) is 0.273. The summed E-state index contributed by atoms with van der Waals surface area (Å²) in [5.74, 6) is 1.32. The van der Waals surface area contributed by atoms with Gasteiger partial charge in [-0.2, -0.15) is 5.10 Å². The molecule has 0 saturated heterocycles. The van der Waals surface area contributed by atoms with E-state index >= 15 is 0 Å². The minimum Gasteiger partial charge on any atom is -0.493 e. The molecule has 146 valence electrons. The lowest BCUT2D eigenvalue weighted by Crippen LogP contribution is -2.30. The first kappa shape index (κ1) is 19.5. The molecule has 0 radical (unpaired) electrons. The number of aromatic nitrogens is 2. The fourth-order valence-electron chi connectivity index (χ4n) is 3.13. The zero-order valence-electron chi connectivity index (χ0n) is 16.7. The number of methoxy groups -OCH3 is 2. The van der Waals surface area contributed by atoms with Gasteiger partial charge in [-0.15, -0.1) is 0 Å². The largest absolute Gasteiger partial charge is 0.493 e. The van der Waals surface area contributed by atoms with E-state index in [4.69, 9.17) is 9.47 Å². The summed E-state index contributed by atoms with van der Waals surface area (Å²) < 4.78 is 12.4. The Balaban J connectivity index is 1.86. The molecular weight excluding hydrogens is 354 g/mol. The number of nitrogens with zero attached hydrogens (tertiary/aromatic N) is 3. The van der Waals surface area contributed by atoms with Crippen LogP contribution in [0.2, 0.25) is 0 Å². The molecular formula is C22H25N3O3. The van der Waals surface area contributed by atoms with Crippen molar-refractivity contribution in [3.63, 3.8) is 0 Å². The summed E-state index contributed by atoms with van der Waals surface area (Å²) in [5, 5.41) is 4.18. The van der Waals surface area contributed by atoms with Gasteiger partial charge in [0, 0.05) is 37.5 Å². The lowest BCUT2D eigenvalue weighted by atomic mass is 10.0. The predicted octanol–water partition coefficient (Wildman–Crippen LogP) is 3.77. The van der Waals surface area contributed by atoms with Crippen molar-refractivity contribution in [1.29, 1.82) is 0 Å². The number of carbonyl (C=O) groups excluding carboxylic acids is 1. The maximum atomic E-state index is 13.0. The van der Waals surface area contributed by atoms with E-state index in [1.54, 1.807) is 25.1 Å². The van der Waals surface area contributed by atoms with Gasteiger partial charge in [0.2, 0.25) is 0 Å². The molecule has 0 saturated carbocycles. The zero-order chi connectivity index (χ0) is 20.1. The van der Waals surface area contributed by atoms with Gasteiger partial charge in [0.15, 0.2) is 11.5 Å². The maximum absolute atomic E-state index is 13.0. The molecule has 0 fully saturated rings. The summed E-state index contributed by atoms with van der Waals surface area (Å²) in [7, 11) is 5.09. The Morgan fingerprint density at radius 2 is 1.82 bits per heavy atom. The van der Waals surface area contributed by atoms with Crippen LogP contribution in [-0.2, 0) is 13.6 Å². The fourth-order valence-corrected chi connectivity index (χ4v) is 3.13. The van der Waals surface area contributed by atoms with Crippen LogP contribution in [0.5, 0.6) is 11.5 Å². The highest BCUT2D eigenvalue weighted by atomic mass is 16.5. The van der Waals surface area contributed by atoms with Gasteiger partial charge in [0.05, 0.1) is 20.4 Å². The second kappa shape index (κ2) is 8.61. The molecule has 2 aromatic carbocycles. The first-order valence-corrected chi connectivity index (χ1v) is 9.15. The third-order valence-corrected chi connectivity index (χ3v) is 4.63. The van der Waals surface area contributed by atoms with E-state index in [0.717, 1.165) is 16.7 Å². The van der Waals surface area contributed by atoms with Crippen molar-refractivity contribution in [2.75, 3.05) is 20.8 Å². The maximum Gasteiger partial charge on any atom is 0.254 e. The monoisotopic (exact) mass is 379 g/mol. The summed E-state index contributed by atoms with van der Waals surface area (Å²) in [6.07, 6.45) is 3.71. The van der Waals surface area contributed by atoms with Crippen LogP contribution in [0.4, 0.5) is 0 Å². The molecule has 28 heavy (non-hydrogen) atoms. The lowest BCUT2D eigenvalue weighted by Gasteiger charge is -2.20. The van der Waals surface area contributed by atoms with E-state index in [0.29, 0.717) is 30.2 Å². The molecule has 0 N–H and O–H groups in total. The minimum absolute atomic E-state index is 0.00585. The molecule has 1 amide bonds. The van der Waals surface area contributed by atoms with Crippen molar-refractivity contribution < 1.29 is 14.3 Å². The van der Waals surface area contributed by atoms with Crippen LogP contribution >= 0.6 is 0 Å². The van der Waals surface area contributed by atoms with Crippen LogP contribution in [0.3, 0.4) is 0 Å². The van der Waals surface area contributed by atoms with Crippen molar-refractivity contribution in [3.8, 4) is 22.6 Å². The number of aryl methyl sites for hydroxylation is 1. The molecule has 0 atom stereocenters. The first-order chi connectivity index (χ1) is 13.5. The van der Waals surface area contributed by atoms with Gasteiger partial charge in [-0.05, 0) is 42.3 Å². The zero-order valence-corrected chi connectivity index (χ0v) is 16.7. The molecule has 0 spiro atoms. The summed E-state index contributed by atoms with van der Waals surface area (Å²) in [6, 6.07) is 13.4. The number of amides is 1. The normalized spacial score (nSPS) is 10.6. The Kier molecular flexibility index (Phi) is 5.99. The van der Waals surface area contributed by atoms with Gasteiger partial charge < -0.3 is 14.4 Å². The van der Waals surface area contributed by atoms with E-state index in [-0.39, 0.29) is 5.91 Å². The molecule has 6 heteroatoms. The van der Waals surface area contributed by atoms with Gasteiger partial charge in [0.1, 0.15) is 0 Å². The van der Waals surface area contributed by atoms with E-state index < -0.39 is 0 Å². The van der Waals surface area contributed by atoms with Crippen molar-refractivity contribution >= 4 is 5.91 Å². The standard InChI is InChI=1S/C22H25N3O3/c1-5-25(15-16-13-23-24(2)14-16)22(26)19-8-6-7-17(11-19)18-9-10-20(27-3)21(12-18)28-4/h6-14H,5,15H2,1-4H3. The molecule has 0 aliphatic heterocycles. The van der Waals surface area contributed by atoms with Crippen LogP contribution < -0.4 is 9.47 Å². The second-order valence-electron chi connectivity index (χ2n) is 6.49. The van der Waals surface area contributed by atoms with Crippen molar-refractivity contribution in [2.24, 2.45) is 7.05 Å². The van der Waals surface area contributed by atoms with E-state index in [1.165, 1.54) is 0 Å². The molecule has 0 bridgehead atoms. The molecule has 0 aliphatic rings. The van der Waals surface area contributed by atoms with Crippen molar-refractivity contribution in [3.05, 3.63) is 66.0 Å². The molecule has 1 aromatic heterocycles. The smallest absolute Gasteiger partial charge is 0.254 e. The number of hydrogen-bond acceptors (Lipinski definition) is 4. The SMILES string of the molecule is CCN(Cc1cnn(C)c1)C(=O)c1cccc(-c2ccc(OC)c(OC)c2)c1. The van der Waals surface area contributed by atoms with Gasteiger partial charge >= 0.3 is 0 Å². The van der Waals surface area contributed by atoms with E-state index in [9.17, 15) is 4.79 Å². The van der Waals surface area contributed by atoms with Crippen molar-refractivity contribution in [2.45, 2.75) is 13.5 Å². The average Bonchev–Trinajstić information content (AvgIpc) is 3.15. The summed E-state index contributed by atoms with van der Waals surface area (Å²) in [6.45, 7) is 3.13. The Morgan fingerprint density at radius 3 is 2.46 bits per heavy atom. The van der Waals surface area contributed by atoms with E-state index in [1.807, 2.05) is 67.5 Å². The van der Waals surface area contributed by atoms with Crippen LogP contribution in [-0.4, -0.2) is 41.4 Å². The number of hydrogen-bond donors (Lipinski definition) is 0. The quantitative estimate of drug-likeness (QED) is 0.627. The van der Waals surface area contributed by atoms with Gasteiger partial charge in [-0.25, -0.2) is 0 Å². The third kappa shape index (κ3) is 4.17. The van der Waals surface area contributed by atoms with Gasteiger partial charge in [-0.3, -0.25) is 9.48 Å². The molecule has 3 aromatic rings. The first-order valence-electron chi connectivity index (χ1n) is 9.15. The molecule has 6 nitrogen and oxygen atoms in total. The Morgan fingerprint density at radius 1 is 1.07 bits per heavy atom. The topological polar surface area (TPSA) is 56.6 Å². The Labute approximate surface area is 165 Å². The number of benzene rings is 2. The summed E-state index contributed by atoms with van der Waals surface area (Å²) >= 11 is 0. The second-order valence-corrected chi connectivity index (χ2v) is 6.49. The predicted molar refractivity (Wildman–Crippen MR) is 109 cm³/mol. The van der Waals surface area contributed by atoms with Gasteiger partial charge in [0.25, 0.3) is 5.91 Å². The number of carbonyl (C=O) groups is 1. The average molecular weight is 379 g/mol. The van der Waals surface area contributed by atoms with Crippen LogP contribution in [0, 0.1) is 0 Å². The highest BCUT2D eigenvalue weighted by molar-refractivity contribution is 5.95. The van der Waals surface area contributed by atoms with Crippen LogP contribution in [0.15, 0.2) is 54.9 Å². The molecule has 0 aliphatic carbocycles. The molecule has 3 rings (SSSR count). The van der Waals surface area contributed by atoms with Crippen LogP contribution in [0.1, 0.15) is 22.8 Å².